The molecule has 32 heavy (non-hydrogen) atoms. The van der Waals surface area contributed by atoms with Crippen LogP contribution in [0.4, 0.5) is 0 Å². The molecule has 8 heteroatoms. The normalized spacial score (nSPS) is 19.1. The van der Waals surface area contributed by atoms with Crippen LogP contribution in [0.2, 0.25) is 0 Å². The standard InChI is InChI=1S/C24H34N6O.HI/c1-2-26-24(28-22-11-13-30(17-22)23(31)21-5-3-4-6-21)27-15-19-7-9-20(10-8-19)16-29-14-12-25-18-29;/h7-10,12,14,18,21-22H,2-6,11,13,15-17H2,1H3,(H2,26,27,28);1H. The van der Waals surface area contributed by atoms with E-state index in [4.69, 9.17) is 4.99 Å². The molecule has 1 amide bonds. The number of halogens is 1. The number of likely N-dealkylation sites (tertiary alicyclic amines) is 1. The first-order valence-corrected chi connectivity index (χ1v) is 11.6. The molecule has 2 aliphatic rings. The number of imidazole rings is 1. The van der Waals surface area contributed by atoms with Gasteiger partial charge in [-0.3, -0.25) is 4.79 Å². The number of guanidine groups is 1. The van der Waals surface area contributed by atoms with Crippen LogP contribution in [-0.2, 0) is 17.9 Å². The Morgan fingerprint density at radius 3 is 2.59 bits per heavy atom. The molecule has 0 spiro atoms. The Morgan fingerprint density at radius 2 is 1.91 bits per heavy atom. The molecule has 2 heterocycles. The molecule has 1 saturated heterocycles. The molecule has 2 fully saturated rings. The van der Waals surface area contributed by atoms with Gasteiger partial charge in [-0.25, -0.2) is 9.98 Å². The van der Waals surface area contributed by atoms with E-state index in [2.05, 4.69) is 56.3 Å². The van der Waals surface area contributed by atoms with E-state index in [1.165, 1.54) is 24.0 Å². The number of carbonyl (C=O) groups excluding carboxylic acids is 1. The van der Waals surface area contributed by atoms with Crippen molar-refractivity contribution >= 4 is 35.8 Å². The quantitative estimate of drug-likeness (QED) is 0.315. The summed E-state index contributed by atoms with van der Waals surface area (Å²) in [6, 6.07) is 8.83. The van der Waals surface area contributed by atoms with Crippen molar-refractivity contribution < 1.29 is 4.79 Å². The van der Waals surface area contributed by atoms with Crippen molar-refractivity contribution in [2.24, 2.45) is 10.9 Å². The number of hydrogen-bond donors (Lipinski definition) is 2. The maximum atomic E-state index is 12.7. The monoisotopic (exact) mass is 550 g/mol. The van der Waals surface area contributed by atoms with Crippen LogP contribution in [0, 0.1) is 5.92 Å². The molecule has 0 bridgehead atoms. The maximum absolute atomic E-state index is 12.7. The van der Waals surface area contributed by atoms with Gasteiger partial charge in [0.25, 0.3) is 0 Å². The number of carbonyl (C=O) groups is 1. The second-order valence-electron chi connectivity index (χ2n) is 8.64. The average molecular weight is 550 g/mol. The lowest BCUT2D eigenvalue weighted by Crippen LogP contribution is -2.45. The first kappa shape index (κ1) is 24.5. The Kier molecular flexibility index (Phi) is 9.37. The summed E-state index contributed by atoms with van der Waals surface area (Å²) >= 11 is 0. The molecule has 1 aromatic carbocycles. The molecule has 1 aliphatic carbocycles. The number of aromatic nitrogens is 2. The predicted octanol–water partition coefficient (Wildman–Crippen LogP) is 3.40. The van der Waals surface area contributed by atoms with Gasteiger partial charge in [0.05, 0.1) is 12.9 Å². The van der Waals surface area contributed by atoms with Gasteiger partial charge >= 0.3 is 0 Å². The van der Waals surface area contributed by atoms with E-state index in [9.17, 15) is 4.79 Å². The molecule has 1 atom stereocenters. The number of benzene rings is 1. The zero-order chi connectivity index (χ0) is 21.5. The summed E-state index contributed by atoms with van der Waals surface area (Å²) in [5, 5.41) is 6.88. The fourth-order valence-corrected chi connectivity index (χ4v) is 4.53. The van der Waals surface area contributed by atoms with Crippen molar-refractivity contribution in [3.8, 4) is 0 Å². The van der Waals surface area contributed by atoms with Crippen LogP contribution in [0.3, 0.4) is 0 Å². The number of hydrogen-bond acceptors (Lipinski definition) is 3. The van der Waals surface area contributed by atoms with Crippen molar-refractivity contribution in [3.63, 3.8) is 0 Å². The third-order valence-electron chi connectivity index (χ3n) is 6.26. The van der Waals surface area contributed by atoms with E-state index in [1.807, 2.05) is 12.5 Å². The lowest BCUT2D eigenvalue weighted by molar-refractivity contribution is -0.134. The highest BCUT2D eigenvalue weighted by Crippen LogP contribution is 2.27. The smallest absolute Gasteiger partial charge is 0.225 e. The Bertz CT molecular complexity index is 861. The second-order valence-corrected chi connectivity index (χ2v) is 8.64. The molecule has 7 nitrogen and oxygen atoms in total. The second kappa shape index (κ2) is 12.2. The number of aliphatic imine (C=N–C) groups is 1. The maximum Gasteiger partial charge on any atom is 0.225 e. The van der Waals surface area contributed by atoms with Crippen molar-refractivity contribution in [2.45, 2.75) is 58.2 Å². The summed E-state index contributed by atoms with van der Waals surface area (Å²) in [5.74, 6) is 1.45. The molecule has 1 saturated carbocycles. The molecule has 1 aliphatic heterocycles. The van der Waals surface area contributed by atoms with Crippen LogP contribution < -0.4 is 10.6 Å². The fourth-order valence-electron chi connectivity index (χ4n) is 4.53. The Labute approximate surface area is 208 Å². The number of amides is 1. The summed E-state index contributed by atoms with van der Waals surface area (Å²) in [5.41, 5.74) is 2.42. The minimum absolute atomic E-state index is 0. The van der Waals surface area contributed by atoms with Gasteiger partial charge in [0.15, 0.2) is 5.96 Å². The minimum Gasteiger partial charge on any atom is -0.357 e. The Balaban J connectivity index is 0.00000289. The van der Waals surface area contributed by atoms with E-state index < -0.39 is 0 Å². The van der Waals surface area contributed by atoms with Crippen molar-refractivity contribution in [1.82, 2.24) is 25.1 Å². The van der Waals surface area contributed by atoms with Gasteiger partial charge in [-0.2, -0.15) is 0 Å². The van der Waals surface area contributed by atoms with Crippen molar-refractivity contribution in [2.75, 3.05) is 19.6 Å². The summed E-state index contributed by atoms with van der Waals surface area (Å²) in [7, 11) is 0. The van der Waals surface area contributed by atoms with Gasteiger partial charge in [0.1, 0.15) is 0 Å². The first-order chi connectivity index (χ1) is 15.2. The minimum atomic E-state index is 0. The van der Waals surface area contributed by atoms with Gasteiger partial charge in [0.2, 0.25) is 5.91 Å². The lowest BCUT2D eigenvalue weighted by atomic mass is 10.1. The van der Waals surface area contributed by atoms with Gasteiger partial charge in [-0.1, -0.05) is 37.1 Å². The highest BCUT2D eigenvalue weighted by atomic mass is 127. The molecule has 174 valence electrons. The van der Waals surface area contributed by atoms with Crippen LogP contribution in [0.25, 0.3) is 0 Å². The highest BCUT2D eigenvalue weighted by Gasteiger charge is 2.32. The zero-order valence-corrected chi connectivity index (χ0v) is 21.2. The third kappa shape index (κ3) is 6.70. The largest absolute Gasteiger partial charge is 0.357 e. The molecule has 0 radical (unpaired) electrons. The molecule has 2 N–H and O–H groups in total. The summed E-state index contributed by atoms with van der Waals surface area (Å²) in [6.07, 6.45) is 11.1. The molecule has 4 rings (SSSR count). The van der Waals surface area contributed by atoms with Crippen molar-refractivity contribution in [1.29, 1.82) is 0 Å². The molecule has 2 aromatic rings. The highest BCUT2D eigenvalue weighted by molar-refractivity contribution is 14.0. The summed E-state index contributed by atoms with van der Waals surface area (Å²) in [6.45, 7) is 5.97. The van der Waals surface area contributed by atoms with Crippen LogP contribution in [0.5, 0.6) is 0 Å². The predicted molar refractivity (Wildman–Crippen MR) is 138 cm³/mol. The number of nitrogens with zero attached hydrogens (tertiary/aromatic N) is 4. The van der Waals surface area contributed by atoms with Crippen LogP contribution in [-0.4, -0.2) is 52.0 Å². The van der Waals surface area contributed by atoms with Gasteiger partial charge in [-0.05, 0) is 37.3 Å². The van der Waals surface area contributed by atoms with Crippen molar-refractivity contribution in [3.05, 3.63) is 54.1 Å². The van der Waals surface area contributed by atoms with Gasteiger partial charge < -0.3 is 20.1 Å². The topological polar surface area (TPSA) is 74.6 Å². The molecular formula is C24H35IN6O. The van der Waals surface area contributed by atoms with E-state index in [0.29, 0.717) is 12.5 Å². The van der Waals surface area contributed by atoms with Crippen LogP contribution in [0.15, 0.2) is 48.0 Å². The average Bonchev–Trinajstić information content (AvgIpc) is 3.55. The number of rotatable bonds is 7. The fraction of sp³-hybridized carbons (Fsp3) is 0.542. The van der Waals surface area contributed by atoms with E-state index in [0.717, 1.165) is 51.4 Å². The van der Waals surface area contributed by atoms with Gasteiger partial charge in [0, 0.05) is 50.5 Å². The number of nitrogens with one attached hydrogen (secondary N) is 2. The summed E-state index contributed by atoms with van der Waals surface area (Å²) < 4.78 is 2.06. The van der Waals surface area contributed by atoms with E-state index in [1.54, 1.807) is 6.20 Å². The molecular weight excluding hydrogens is 515 g/mol. The lowest BCUT2D eigenvalue weighted by Gasteiger charge is -2.21. The van der Waals surface area contributed by atoms with E-state index in [-0.39, 0.29) is 35.9 Å². The third-order valence-corrected chi connectivity index (χ3v) is 6.26. The zero-order valence-electron chi connectivity index (χ0n) is 18.9. The van der Waals surface area contributed by atoms with E-state index >= 15 is 0 Å². The first-order valence-electron chi connectivity index (χ1n) is 11.6. The SMILES string of the molecule is CCNC(=NCc1ccc(Cn2ccnc2)cc1)NC1CCN(C(=O)C2CCCC2)C1.I. The van der Waals surface area contributed by atoms with Crippen LogP contribution >= 0.6 is 24.0 Å². The molecule has 1 unspecified atom stereocenters. The molecule has 1 aromatic heterocycles. The Hall–Kier alpha value is -2.10. The van der Waals surface area contributed by atoms with Gasteiger partial charge in [-0.15, -0.1) is 24.0 Å². The Morgan fingerprint density at radius 1 is 1.16 bits per heavy atom. The van der Waals surface area contributed by atoms with Crippen LogP contribution in [0.1, 0.15) is 50.2 Å². The summed E-state index contributed by atoms with van der Waals surface area (Å²) in [4.78, 5) is 23.6.